The number of Topliss-reactive ketones (excluding diaryl/α,β-unsaturated/α-hetero) is 1. The minimum atomic E-state index is -3.81. The second kappa shape index (κ2) is 6.47. The van der Waals surface area contributed by atoms with E-state index < -0.39 is 19.9 Å². The molecule has 0 saturated carbocycles. The minimum absolute atomic E-state index is 0.0506. The van der Waals surface area contributed by atoms with Crippen molar-refractivity contribution < 1.29 is 21.6 Å². The van der Waals surface area contributed by atoms with E-state index in [4.69, 9.17) is 0 Å². The van der Waals surface area contributed by atoms with Gasteiger partial charge in [0.05, 0.1) is 10.6 Å². The Morgan fingerprint density at radius 3 is 2.40 bits per heavy atom. The van der Waals surface area contributed by atoms with Gasteiger partial charge in [0, 0.05) is 24.8 Å². The molecule has 0 fully saturated rings. The zero-order valence-corrected chi connectivity index (χ0v) is 12.9. The van der Waals surface area contributed by atoms with Crippen molar-refractivity contribution in [2.75, 3.05) is 18.6 Å². The summed E-state index contributed by atoms with van der Waals surface area (Å²) in [6.45, 7) is 1.49. The van der Waals surface area contributed by atoms with E-state index in [1.807, 2.05) is 0 Å². The lowest BCUT2D eigenvalue weighted by molar-refractivity contribution is 0.0988. The van der Waals surface area contributed by atoms with Crippen LogP contribution in [0.3, 0.4) is 0 Å². The van der Waals surface area contributed by atoms with E-state index in [-0.39, 0.29) is 29.4 Å². The lowest BCUT2D eigenvalue weighted by atomic mass is 10.1. The highest BCUT2D eigenvalue weighted by atomic mass is 32.2. The second-order valence-corrected chi connectivity index (χ2v) is 8.36. The maximum absolute atomic E-state index is 12.0. The molecule has 0 heterocycles. The van der Waals surface area contributed by atoms with E-state index >= 15 is 0 Å². The Hall–Kier alpha value is -1.25. The van der Waals surface area contributed by atoms with Gasteiger partial charge in [-0.1, -0.05) is 19.1 Å². The Balaban J connectivity index is 2.90. The van der Waals surface area contributed by atoms with Crippen LogP contribution in [0.4, 0.5) is 0 Å². The molecule has 0 aliphatic rings. The molecule has 0 radical (unpaired) electrons. The fourth-order valence-corrected chi connectivity index (χ4v) is 3.16. The van der Waals surface area contributed by atoms with Gasteiger partial charge in [-0.2, -0.15) is 0 Å². The van der Waals surface area contributed by atoms with Crippen LogP contribution in [0, 0.1) is 0 Å². The number of carbonyl (C=O) groups is 1. The van der Waals surface area contributed by atoms with E-state index in [1.165, 1.54) is 18.2 Å². The van der Waals surface area contributed by atoms with Gasteiger partial charge in [0.25, 0.3) is 0 Å². The van der Waals surface area contributed by atoms with Gasteiger partial charge in [-0.05, 0) is 12.1 Å². The molecule has 0 aromatic heterocycles. The molecule has 0 aliphatic carbocycles. The number of benzene rings is 1. The molecule has 1 N–H and O–H groups in total. The summed E-state index contributed by atoms with van der Waals surface area (Å²) in [5.41, 5.74) is 0.318. The Labute approximate surface area is 119 Å². The van der Waals surface area contributed by atoms with Gasteiger partial charge >= 0.3 is 0 Å². The van der Waals surface area contributed by atoms with Crippen molar-refractivity contribution in [2.24, 2.45) is 0 Å². The summed E-state index contributed by atoms with van der Waals surface area (Å²) >= 11 is 0. The summed E-state index contributed by atoms with van der Waals surface area (Å²) in [4.78, 5) is 11.5. The fourth-order valence-electron chi connectivity index (χ4n) is 1.49. The van der Waals surface area contributed by atoms with Crippen molar-refractivity contribution in [1.29, 1.82) is 0 Å². The number of rotatable bonds is 7. The highest BCUT2D eigenvalue weighted by molar-refractivity contribution is 7.91. The summed E-state index contributed by atoms with van der Waals surface area (Å²) in [6, 6.07) is 5.67. The molecule has 0 amide bonds. The first-order valence-corrected chi connectivity index (χ1v) is 9.51. The molecule has 0 saturated heterocycles. The molecule has 0 unspecified atom stereocenters. The minimum Gasteiger partial charge on any atom is -0.294 e. The van der Waals surface area contributed by atoms with Gasteiger partial charge in [0.2, 0.25) is 10.0 Å². The molecule has 6 nitrogen and oxygen atoms in total. The van der Waals surface area contributed by atoms with E-state index in [1.54, 1.807) is 13.0 Å². The smallest absolute Gasteiger partial charge is 0.240 e. The molecule has 1 aromatic carbocycles. The molecular weight excluding hydrogens is 302 g/mol. The molecule has 1 rings (SSSR count). The van der Waals surface area contributed by atoms with Crippen LogP contribution < -0.4 is 4.72 Å². The summed E-state index contributed by atoms with van der Waals surface area (Å²) in [5.74, 6) is -0.432. The maximum Gasteiger partial charge on any atom is 0.240 e. The van der Waals surface area contributed by atoms with Crippen molar-refractivity contribution in [3.8, 4) is 0 Å². The molecule has 112 valence electrons. The van der Waals surface area contributed by atoms with Gasteiger partial charge in [-0.15, -0.1) is 0 Å². The third-order valence-corrected chi connectivity index (χ3v) is 4.96. The first-order chi connectivity index (χ1) is 9.15. The van der Waals surface area contributed by atoms with Crippen molar-refractivity contribution in [3.05, 3.63) is 29.8 Å². The fraction of sp³-hybridized carbons (Fsp3) is 0.417. The van der Waals surface area contributed by atoms with Crippen molar-refractivity contribution >= 4 is 25.6 Å². The monoisotopic (exact) mass is 319 g/mol. The van der Waals surface area contributed by atoms with E-state index in [2.05, 4.69) is 4.72 Å². The second-order valence-electron chi connectivity index (χ2n) is 4.33. The van der Waals surface area contributed by atoms with E-state index in [9.17, 15) is 21.6 Å². The number of sulfonamides is 1. The number of sulfone groups is 1. The number of hydrogen-bond acceptors (Lipinski definition) is 5. The Kier molecular flexibility index (Phi) is 5.43. The van der Waals surface area contributed by atoms with Gasteiger partial charge in [0.1, 0.15) is 9.84 Å². The predicted octanol–water partition coefficient (Wildman–Crippen LogP) is 0.602. The SMILES string of the molecule is CCC(=O)c1cccc(S(=O)(=O)NCCS(C)(=O)=O)c1. The van der Waals surface area contributed by atoms with Crippen molar-refractivity contribution in [3.63, 3.8) is 0 Å². The Bertz CT molecular complexity index is 692. The van der Waals surface area contributed by atoms with Crippen LogP contribution in [0.15, 0.2) is 29.2 Å². The highest BCUT2D eigenvalue weighted by Crippen LogP contribution is 2.12. The number of nitrogens with one attached hydrogen (secondary N) is 1. The van der Waals surface area contributed by atoms with Crippen LogP contribution in [0.25, 0.3) is 0 Å². The Morgan fingerprint density at radius 1 is 1.20 bits per heavy atom. The topological polar surface area (TPSA) is 97.4 Å². The van der Waals surface area contributed by atoms with Gasteiger partial charge in [0.15, 0.2) is 5.78 Å². The average Bonchev–Trinajstić information content (AvgIpc) is 2.36. The molecule has 0 aliphatic heterocycles. The van der Waals surface area contributed by atoms with Crippen LogP contribution in [0.2, 0.25) is 0 Å². The zero-order chi connectivity index (χ0) is 15.4. The third-order valence-electron chi connectivity index (χ3n) is 2.55. The molecular formula is C12H17NO5S2. The number of hydrogen-bond donors (Lipinski definition) is 1. The van der Waals surface area contributed by atoms with Gasteiger partial charge in [-0.25, -0.2) is 21.6 Å². The van der Waals surface area contributed by atoms with E-state index in [0.717, 1.165) is 6.26 Å². The Morgan fingerprint density at radius 2 is 1.85 bits per heavy atom. The molecule has 8 heteroatoms. The van der Waals surface area contributed by atoms with Crippen LogP contribution in [-0.2, 0) is 19.9 Å². The van der Waals surface area contributed by atoms with E-state index in [0.29, 0.717) is 5.56 Å². The molecule has 0 spiro atoms. The lowest BCUT2D eigenvalue weighted by Gasteiger charge is -2.07. The lowest BCUT2D eigenvalue weighted by Crippen LogP contribution is -2.29. The van der Waals surface area contributed by atoms with Crippen LogP contribution >= 0.6 is 0 Å². The summed E-state index contributed by atoms with van der Waals surface area (Å²) in [6.07, 6.45) is 1.31. The average molecular weight is 319 g/mol. The van der Waals surface area contributed by atoms with Crippen LogP contribution in [0.1, 0.15) is 23.7 Å². The summed E-state index contributed by atoms with van der Waals surface area (Å²) in [7, 11) is -7.05. The maximum atomic E-state index is 12.0. The summed E-state index contributed by atoms with van der Waals surface area (Å²) < 4.78 is 48.0. The first kappa shape index (κ1) is 16.8. The zero-order valence-electron chi connectivity index (χ0n) is 11.3. The first-order valence-electron chi connectivity index (χ1n) is 5.96. The van der Waals surface area contributed by atoms with Gasteiger partial charge in [-0.3, -0.25) is 4.79 Å². The molecule has 1 aromatic rings. The quantitative estimate of drug-likeness (QED) is 0.742. The van der Waals surface area contributed by atoms with Crippen molar-refractivity contribution in [1.82, 2.24) is 4.72 Å². The van der Waals surface area contributed by atoms with Gasteiger partial charge < -0.3 is 0 Å². The largest absolute Gasteiger partial charge is 0.294 e. The molecule has 20 heavy (non-hydrogen) atoms. The normalized spacial score (nSPS) is 12.3. The summed E-state index contributed by atoms with van der Waals surface area (Å²) in [5, 5.41) is 0. The number of ketones is 1. The molecule has 0 atom stereocenters. The van der Waals surface area contributed by atoms with Crippen LogP contribution in [0.5, 0.6) is 0 Å². The highest BCUT2D eigenvalue weighted by Gasteiger charge is 2.16. The van der Waals surface area contributed by atoms with Crippen molar-refractivity contribution in [2.45, 2.75) is 18.2 Å². The third kappa shape index (κ3) is 5.03. The van der Waals surface area contributed by atoms with Crippen LogP contribution in [-0.4, -0.2) is 41.2 Å². The predicted molar refractivity (Wildman–Crippen MR) is 76.0 cm³/mol. The number of carbonyl (C=O) groups excluding carboxylic acids is 1. The molecule has 0 bridgehead atoms. The standard InChI is InChI=1S/C12H17NO5S2/c1-3-12(14)10-5-4-6-11(9-10)20(17,18)13-7-8-19(2,15)16/h4-6,9,13H,3,7-8H2,1-2H3.